The Balaban J connectivity index is 1.67. The van der Waals surface area contributed by atoms with E-state index in [9.17, 15) is 0 Å². The molecule has 0 bridgehead atoms. The van der Waals surface area contributed by atoms with E-state index >= 15 is 0 Å². The number of hydrogen-bond donors (Lipinski definition) is 1. The van der Waals surface area contributed by atoms with Crippen molar-refractivity contribution in [3.05, 3.63) is 29.3 Å². The van der Waals surface area contributed by atoms with E-state index in [1.807, 2.05) is 0 Å². The molecule has 116 valence electrons. The second kappa shape index (κ2) is 6.00. The van der Waals surface area contributed by atoms with Gasteiger partial charge in [0, 0.05) is 31.4 Å². The summed E-state index contributed by atoms with van der Waals surface area (Å²) in [7, 11) is 0. The van der Waals surface area contributed by atoms with Gasteiger partial charge in [0.05, 0.1) is 0 Å². The van der Waals surface area contributed by atoms with Crippen LogP contribution in [0.1, 0.15) is 57.1 Å². The number of nitrogens with zero attached hydrogens (tertiary/aromatic N) is 1. The highest BCUT2D eigenvalue weighted by atomic mass is 15.2. The molecule has 3 rings (SSSR count). The van der Waals surface area contributed by atoms with Crippen LogP contribution in [0.3, 0.4) is 0 Å². The van der Waals surface area contributed by atoms with Crippen LogP contribution in [0.4, 0.5) is 5.69 Å². The van der Waals surface area contributed by atoms with Crippen LogP contribution < -0.4 is 10.2 Å². The van der Waals surface area contributed by atoms with Crippen molar-refractivity contribution in [3.63, 3.8) is 0 Å². The van der Waals surface area contributed by atoms with Gasteiger partial charge in [-0.25, -0.2) is 0 Å². The summed E-state index contributed by atoms with van der Waals surface area (Å²) in [5, 5.41) is 3.62. The highest BCUT2D eigenvalue weighted by Gasteiger charge is 2.34. The molecule has 1 aromatic rings. The van der Waals surface area contributed by atoms with E-state index in [0.717, 1.165) is 12.6 Å². The number of nitrogens with one attached hydrogen (secondary N) is 1. The maximum Gasteiger partial charge on any atom is 0.0369 e. The molecule has 0 aromatic heterocycles. The quantitative estimate of drug-likeness (QED) is 0.840. The Bertz CT molecular complexity index is 486. The van der Waals surface area contributed by atoms with Crippen LogP contribution in [-0.4, -0.2) is 19.1 Å². The minimum Gasteiger partial charge on any atom is -0.371 e. The molecule has 1 N–H and O–H groups in total. The molecule has 1 saturated carbocycles. The standard InChI is InChI=1S/C19H30N2/c1-4-19(5-2)10-11-21(14-19)18-9-6-16(15(3)12-18)13-20-17-7-8-17/h6,9,12,17,20H,4-5,7-8,10-11,13-14H2,1-3H3. The van der Waals surface area contributed by atoms with Crippen molar-refractivity contribution in [1.29, 1.82) is 0 Å². The minimum absolute atomic E-state index is 0.556. The van der Waals surface area contributed by atoms with E-state index in [-0.39, 0.29) is 0 Å². The monoisotopic (exact) mass is 286 g/mol. The van der Waals surface area contributed by atoms with Gasteiger partial charge in [-0.1, -0.05) is 19.9 Å². The van der Waals surface area contributed by atoms with Gasteiger partial charge in [0.15, 0.2) is 0 Å². The summed E-state index contributed by atoms with van der Waals surface area (Å²) in [5.74, 6) is 0. The third-order valence-corrected chi connectivity index (χ3v) is 5.79. The lowest BCUT2D eigenvalue weighted by atomic mass is 9.82. The Morgan fingerprint density at radius 1 is 1.24 bits per heavy atom. The fraction of sp³-hybridized carbons (Fsp3) is 0.684. The molecule has 1 saturated heterocycles. The Hall–Kier alpha value is -1.02. The maximum absolute atomic E-state index is 3.62. The van der Waals surface area contributed by atoms with Gasteiger partial charge < -0.3 is 10.2 Å². The van der Waals surface area contributed by atoms with Crippen LogP contribution in [0, 0.1) is 12.3 Å². The zero-order valence-corrected chi connectivity index (χ0v) is 13.9. The fourth-order valence-corrected chi connectivity index (χ4v) is 3.60. The van der Waals surface area contributed by atoms with Crippen LogP contribution >= 0.6 is 0 Å². The summed E-state index contributed by atoms with van der Waals surface area (Å²) < 4.78 is 0. The molecule has 2 fully saturated rings. The van der Waals surface area contributed by atoms with Gasteiger partial charge in [0.25, 0.3) is 0 Å². The Morgan fingerprint density at radius 3 is 2.57 bits per heavy atom. The number of benzene rings is 1. The van der Waals surface area contributed by atoms with Crippen molar-refractivity contribution in [1.82, 2.24) is 5.32 Å². The molecular weight excluding hydrogens is 256 g/mol. The van der Waals surface area contributed by atoms with Gasteiger partial charge in [-0.15, -0.1) is 0 Å². The smallest absolute Gasteiger partial charge is 0.0369 e. The van der Waals surface area contributed by atoms with Crippen LogP contribution in [0.25, 0.3) is 0 Å². The number of hydrogen-bond acceptors (Lipinski definition) is 2. The van der Waals surface area contributed by atoms with E-state index in [0.29, 0.717) is 5.41 Å². The van der Waals surface area contributed by atoms with E-state index in [2.05, 4.69) is 49.2 Å². The largest absolute Gasteiger partial charge is 0.371 e. The Labute approximate surface area is 129 Å². The molecule has 0 unspecified atom stereocenters. The van der Waals surface area contributed by atoms with Crippen molar-refractivity contribution < 1.29 is 0 Å². The SMILES string of the molecule is CCC1(CC)CCN(c2ccc(CNC3CC3)c(C)c2)C1. The Kier molecular flexibility index (Phi) is 4.26. The molecule has 1 aromatic carbocycles. The van der Waals surface area contributed by atoms with E-state index in [4.69, 9.17) is 0 Å². The number of anilines is 1. The lowest BCUT2D eigenvalue weighted by molar-refractivity contribution is 0.301. The van der Waals surface area contributed by atoms with E-state index in [1.54, 1.807) is 0 Å². The third-order valence-electron chi connectivity index (χ3n) is 5.79. The molecular formula is C19H30N2. The average molecular weight is 286 g/mol. The van der Waals surface area contributed by atoms with Crippen molar-refractivity contribution in [3.8, 4) is 0 Å². The Morgan fingerprint density at radius 2 is 2.00 bits per heavy atom. The lowest BCUT2D eigenvalue weighted by Crippen LogP contribution is -2.26. The van der Waals surface area contributed by atoms with Crippen molar-refractivity contribution in [2.45, 2.75) is 65.5 Å². The van der Waals surface area contributed by atoms with Gasteiger partial charge in [-0.05, 0) is 67.7 Å². The molecule has 1 heterocycles. The molecule has 0 atom stereocenters. The van der Waals surface area contributed by atoms with Crippen molar-refractivity contribution in [2.75, 3.05) is 18.0 Å². The van der Waals surface area contributed by atoms with Crippen molar-refractivity contribution >= 4 is 5.69 Å². The highest BCUT2D eigenvalue weighted by molar-refractivity contribution is 5.52. The first kappa shape index (κ1) is 14.9. The van der Waals surface area contributed by atoms with Crippen LogP contribution in [0.5, 0.6) is 0 Å². The molecule has 2 aliphatic rings. The minimum atomic E-state index is 0.556. The van der Waals surface area contributed by atoms with E-state index < -0.39 is 0 Å². The van der Waals surface area contributed by atoms with Crippen LogP contribution in [0.15, 0.2) is 18.2 Å². The van der Waals surface area contributed by atoms with Gasteiger partial charge in [0.2, 0.25) is 0 Å². The van der Waals surface area contributed by atoms with E-state index in [1.165, 1.54) is 62.0 Å². The first-order valence-corrected chi connectivity index (χ1v) is 8.73. The first-order valence-electron chi connectivity index (χ1n) is 8.73. The van der Waals surface area contributed by atoms with Gasteiger partial charge >= 0.3 is 0 Å². The summed E-state index contributed by atoms with van der Waals surface area (Å²) in [6.45, 7) is 10.5. The summed E-state index contributed by atoms with van der Waals surface area (Å²) in [6, 6.07) is 7.85. The molecule has 2 heteroatoms. The predicted octanol–water partition coefficient (Wildman–Crippen LogP) is 4.26. The second-order valence-corrected chi connectivity index (χ2v) is 7.14. The number of aryl methyl sites for hydroxylation is 1. The molecule has 0 spiro atoms. The van der Waals surface area contributed by atoms with Crippen molar-refractivity contribution in [2.24, 2.45) is 5.41 Å². The summed E-state index contributed by atoms with van der Waals surface area (Å²) >= 11 is 0. The molecule has 2 nitrogen and oxygen atoms in total. The summed E-state index contributed by atoms with van der Waals surface area (Å²) in [5.41, 5.74) is 4.87. The first-order chi connectivity index (χ1) is 10.2. The number of rotatable bonds is 6. The molecule has 1 aliphatic heterocycles. The second-order valence-electron chi connectivity index (χ2n) is 7.14. The normalized spacial score (nSPS) is 21.0. The molecule has 0 radical (unpaired) electrons. The summed E-state index contributed by atoms with van der Waals surface area (Å²) in [4.78, 5) is 2.60. The lowest BCUT2D eigenvalue weighted by Gasteiger charge is -2.27. The third kappa shape index (κ3) is 3.26. The fourth-order valence-electron chi connectivity index (χ4n) is 3.60. The molecule has 21 heavy (non-hydrogen) atoms. The predicted molar refractivity (Wildman–Crippen MR) is 90.9 cm³/mol. The van der Waals surface area contributed by atoms with Crippen LogP contribution in [-0.2, 0) is 6.54 Å². The molecule has 0 amide bonds. The van der Waals surface area contributed by atoms with Gasteiger partial charge in [0.1, 0.15) is 0 Å². The van der Waals surface area contributed by atoms with Gasteiger partial charge in [-0.2, -0.15) is 0 Å². The molecule has 1 aliphatic carbocycles. The maximum atomic E-state index is 3.62. The van der Waals surface area contributed by atoms with Gasteiger partial charge in [-0.3, -0.25) is 0 Å². The highest BCUT2D eigenvalue weighted by Crippen LogP contribution is 2.39. The zero-order chi connectivity index (χ0) is 14.9. The van der Waals surface area contributed by atoms with Crippen LogP contribution in [0.2, 0.25) is 0 Å². The average Bonchev–Trinajstić information content (AvgIpc) is 3.23. The topological polar surface area (TPSA) is 15.3 Å². The summed E-state index contributed by atoms with van der Waals surface area (Å²) in [6.07, 6.45) is 6.69. The zero-order valence-electron chi connectivity index (χ0n) is 13.9.